The van der Waals surface area contributed by atoms with Gasteiger partial charge < -0.3 is 19.5 Å². The smallest absolute Gasteiger partial charge is 0.409 e. The Balaban J connectivity index is 1.66. The van der Waals surface area contributed by atoms with Crippen LogP contribution in [-0.2, 0) is 4.74 Å². The molecule has 0 saturated carbocycles. The van der Waals surface area contributed by atoms with Gasteiger partial charge in [-0.2, -0.15) is 0 Å². The van der Waals surface area contributed by atoms with E-state index in [1.807, 2.05) is 44.2 Å². The predicted molar refractivity (Wildman–Crippen MR) is 111 cm³/mol. The number of ether oxygens (including phenoxy) is 1. The summed E-state index contributed by atoms with van der Waals surface area (Å²) in [5.74, 6) is -0.0437. The summed E-state index contributed by atoms with van der Waals surface area (Å²) in [6.45, 7) is 6.13. The molecule has 1 N–H and O–H groups in total. The van der Waals surface area contributed by atoms with Gasteiger partial charge in [-0.25, -0.2) is 4.79 Å². The van der Waals surface area contributed by atoms with Gasteiger partial charge in [-0.3, -0.25) is 9.59 Å². The lowest BCUT2D eigenvalue weighted by Crippen LogP contribution is -2.39. The van der Waals surface area contributed by atoms with Crippen molar-refractivity contribution in [2.24, 2.45) is 5.92 Å². The summed E-state index contributed by atoms with van der Waals surface area (Å²) in [5, 5.41) is 0. The molecular weight excluding hydrogens is 370 g/mol. The average molecular weight is 397 g/mol. The normalized spacial score (nSPS) is 14.6. The Morgan fingerprint density at radius 1 is 1.00 bits per heavy atom. The summed E-state index contributed by atoms with van der Waals surface area (Å²) in [5.41, 5.74) is 1.25. The van der Waals surface area contributed by atoms with Crippen molar-refractivity contribution in [3.8, 4) is 11.3 Å². The molecule has 2 amide bonds. The first-order valence-electron chi connectivity index (χ1n) is 9.95. The third kappa shape index (κ3) is 5.25. The number of pyridine rings is 1. The molecule has 1 aliphatic heterocycles. The summed E-state index contributed by atoms with van der Waals surface area (Å²) >= 11 is 0. The van der Waals surface area contributed by atoms with Gasteiger partial charge in [-0.1, -0.05) is 44.2 Å². The lowest BCUT2D eigenvalue weighted by Gasteiger charge is -2.22. The number of carbonyl (C=O) groups is 2. The highest BCUT2D eigenvalue weighted by Gasteiger charge is 2.25. The first kappa shape index (κ1) is 20.6. The lowest BCUT2D eigenvalue weighted by molar-refractivity contribution is 0.0745. The molecule has 0 atom stereocenters. The number of carbonyl (C=O) groups excluding carboxylic acids is 2. The molecule has 3 rings (SSSR count). The maximum Gasteiger partial charge on any atom is 0.409 e. The van der Waals surface area contributed by atoms with Gasteiger partial charge in [0.1, 0.15) is 5.56 Å². The summed E-state index contributed by atoms with van der Waals surface area (Å²) in [6, 6.07) is 12.8. The molecule has 1 saturated heterocycles. The van der Waals surface area contributed by atoms with Crippen LogP contribution in [0.2, 0.25) is 0 Å². The molecule has 29 heavy (non-hydrogen) atoms. The first-order chi connectivity index (χ1) is 14.0. The number of nitrogens with zero attached hydrogens (tertiary/aromatic N) is 2. The highest BCUT2D eigenvalue weighted by molar-refractivity contribution is 5.94. The van der Waals surface area contributed by atoms with Gasteiger partial charge >= 0.3 is 6.09 Å². The zero-order valence-electron chi connectivity index (χ0n) is 16.9. The van der Waals surface area contributed by atoms with Gasteiger partial charge in [0.05, 0.1) is 6.61 Å². The van der Waals surface area contributed by atoms with E-state index in [4.69, 9.17) is 4.74 Å². The highest BCUT2D eigenvalue weighted by Crippen LogP contribution is 2.15. The maximum atomic E-state index is 12.9. The molecule has 1 aromatic carbocycles. The van der Waals surface area contributed by atoms with E-state index in [0.29, 0.717) is 44.9 Å². The van der Waals surface area contributed by atoms with E-state index < -0.39 is 5.56 Å². The Morgan fingerprint density at radius 2 is 1.69 bits per heavy atom. The number of rotatable bonds is 4. The van der Waals surface area contributed by atoms with Gasteiger partial charge in [0, 0.05) is 31.9 Å². The number of hydrogen-bond donors (Lipinski definition) is 1. The van der Waals surface area contributed by atoms with Gasteiger partial charge in [0.25, 0.3) is 11.5 Å². The molecule has 2 aromatic rings. The fraction of sp³-hybridized carbons (Fsp3) is 0.409. The summed E-state index contributed by atoms with van der Waals surface area (Å²) in [7, 11) is 0. The molecule has 1 fully saturated rings. The third-order valence-electron chi connectivity index (χ3n) is 4.81. The molecule has 1 aliphatic rings. The minimum Gasteiger partial charge on any atom is -0.449 e. The lowest BCUT2D eigenvalue weighted by atomic mass is 10.1. The van der Waals surface area contributed by atoms with Gasteiger partial charge in [0.2, 0.25) is 0 Å². The van der Waals surface area contributed by atoms with Crippen LogP contribution < -0.4 is 5.56 Å². The second-order valence-corrected chi connectivity index (χ2v) is 7.58. The number of aromatic nitrogens is 1. The van der Waals surface area contributed by atoms with E-state index in [-0.39, 0.29) is 23.5 Å². The minimum absolute atomic E-state index is 0.112. The van der Waals surface area contributed by atoms with Crippen LogP contribution in [0.3, 0.4) is 0 Å². The second-order valence-electron chi connectivity index (χ2n) is 7.58. The molecule has 0 bridgehead atoms. The van der Waals surface area contributed by atoms with Crippen molar-refractivity contribution in [3.63, 3.8) is 0 Å². The number of amides is 2. The van der Waals surface area contributed by atoms with Crippen molar-refractivity contribution in [1.82, 2.24) is 14.8 Å². The van der Waals surface area contributed by atoms with E-state index >= 15 is 0 Å². The summed E-state index contributed by atoms with van der Waals surface area (Å²) in [4.78, 5) is 43.6. The van der Waals surface area contributed by atoms with Crippen LogP contribution in [0.15, 0.2) is 47.3 Å². The summed E-state index contributed by atoms with van der Waals surface area (Å²) in [6.07, 6.45) is 0.292. The standard InChI is InChI=1S/C22H27N3O4/c1-16(2)15-29-22(28)25-12-6-11-24(13-14-25)21(27)18-9-10-19(23-20(18)26)17-7-4-3-5-8-17/h3-5,7-10,16H,6,11-15H2,1-2H3,(H,23,26). The van der Waals surface area contributed by atoms with Crippen molar-refractivity contribution in [3.05, 3.63) is 58.4 Å². The molecule has 1 aromatic heterocycles. The topological polar surface area (TPSA) is 82.7 Å². The molecule has 7 nitrogen and oxygen atoms in total. The number of benzene rings is 1. The zero-order valence-corrected chi connectivity index (χ0v) is 16.9. The Bertz CT molecular complexity index is 908. The molecule has 154 valence electrons. The fourth-order valence-electron chi connectivity index (χ4n) is 3.23. The van der Waals surface area contributed by atoms with Crippen LogP contribution in [0, 0.1) is 5.92 Å². The Labute approximate surface area is 170 Å². The molecule has 2 heterocycles. The number of nitrogens with one attached hydrogen (secondary N) is 1. The van der Waals surface area contributed by atoms with Crippen LogP contribution in [0.5, 0.6) is 0 Å². The van der Waals surface area contributed by atoms with Crippen LogP contribution in [-0.4, -0.2) is 59.6 Å². The summed E-state index contributed by atoms with van der Waals surface area (Å²) < 4.78 is 5.28. The quantitative estimate of drug-likeness (QED) is 0.860. The monoisotopic (exact) mass is 397 g/mol. The minimum atomic E-state index is -0.409. The third-order valence-corrected chi connectivity index (χ3v) is 4.81. The van der Waals surface area contributed by atoms with E-state index in [1.165, 1.54) is 0 Å². The van der Waals surface area contributed by atoms with E-state index in [1.54, 1.807) is 21.9 Å². The second kappa shape index (κ2) is 9.41. The van der Waals surface area contributed by atoms with Crippen molar-refractivity contribution < 1.29 is 14.3 Å². The highest BCUT2D eigenvalue weighted by atomic mass is 16.6. The van der Waals surface area contributed by atoms with Gasteiger partial charge in [-0.15, -0.1) is 0 Å². The fourth-order valence-corrected chi connectivity index (χ4v) is 3.23. The zero-order chi connectivity index (χ0) is 20.8. The predicted octanol–water partition coefficient (Wildman–Crippen LogP) is 2.98. The number of aromatic amines is 1. The van der Waals surface area contributed by atoms with Gasteiger partial charge in [-0.05, 0) is 30.0 Å². The van der Waals surface area contributed by atoms with Crippen LogP contribution in [0.25, 0.3) is 11.3 Å². The Kier molecular flexibility index (Phi) is 6.69. The van der Waals surface area contributed by atoms with Crippen molar-refractivity contribution >= 4 is 12.0 Å². The van der Waals surface area contributed by atoms with Crippen molar-refractivity contribution in [2.45, 2.75) is 20.3 Å². The molecule has 7 heteroatoms. The molecule has 0 unspecified atom stereocenters. The van der Waals surface area contributed by atoms with Crippen LogP contribution in [0.4, 0.5) is 4.79 Å². The maximum absolute atomic E-state index is 12.9. The average Bonchev–Trinajstić information content (AvgIpc) is 2.98. The molecule has 0 spiro atoms. The van der Waals surface area contributed by atoms with E-state index in [9.17, 15) is 14.4 Å². The largest absolute Gasteiger partial charge is 0.449 e. The van der Waals surface area contributed by atoms with Crippen molar-refractivity contribution in [2.75, 3.05) is 32.8 Å². The molecule has 0 radical (unpaired) electrons. The van der Waals surface area contributed by atoms with Crippen molar-refractivity contribution in [1.29, 1.82) is 0 Å². The van der Waals surface area contributed by atoms with Crippen LogP contribution in [0.1, 0.15) is 30.6 Å². The van der Waals surface area contributed by atoms with Crippen LogP contribution >= 0.6 is 0 Å². The Morgan fingerprint density at radius 3 is 2.38 bits per heavy atom. The number of H-pyrrole nitrogens is 1. The SMILES string of the molecule is CC(C)COC(=O)N1CCCN(C(=O)c2ccc(-c3ccccc3)[nH]c2=O)CC1. The van der Waals surface area contributed by atoms with E-state index in [0.717, 1.165) is 5.56 Å². The van der Waals surface area contributed by atoms with Gasteiger partial charge in [0.15, 0.2) is 0 Å². The number of hydrogen-bond acceptors (Lipinski definition) is 4. The Hall–Kier alpha value is -3.09. The molecule has 0 aliphatic carbocycles. The molecular formula is C22H27N3O4. The first-order valence-corrected chi connectivity index (χ1v) is 9.95. The van der Waals surface area contributed by atoms with E-state index in [2.05, 4.69) is 4.98 Å².